The normalized spacial score (nSPS) is 11.0. The molecule has 1 N–H and O–H groups in total. The molecule has 0 aliphatic rings. The van der Waals surface area contributed by atoms with E-state index < -0.39 is 45.6 Å². The lowest BCUT2D eigenvalue weighted by atomic mass is 10.1. The van der Waals surface area contributed by atoms with Crippen molar-refractivity contribution >= 4 is 27.5 Å². The number of carbonyl (C=O) groups excluding carboxylic acids is 2. The van der Waals surface area contributed by atoms with Crippen molar-refractivity contribution in [2.24, 2.45) is 0 Å². The number of para-hydroxylation sites is 1. The molecule has 0 aromatic heterocycles. The number of benzene rings is 2. The van der Waals surface area contributed by atoms with Crippen LogP contribution in [0.4, 0.5) is 14.5 Å². The monoisotopic (exact) mass is 369 g/mol. The van der Waals surface area contributed by atoms with E-state index in [1.54, 1.807) is 0 Å². The summed E-state index contributed by atoms with van der Waals surface area (Å²) >= 11 is 0. The van der Waals surface area contributed by atoms with E-state index in [-0.39, 0.29) is 11.3 Å². The van der Waals surface area contributed by atoms with Crippen molar-refractivity contribution in [3.63, 3.8) is 0 Å². The van der Waals surface area contributed by atoms with Crippen LogP contribution >= 0.6 is 0 Å². The smallest absolute Gasteiger partial charge is 0.340 e. The Balaban J connectivity index is 2.13. The molecule has 0 radical (unpaired) electrons. The molecule has 2 aromatic rings. The third-order valence-electron chi connectivity index (χ3n) is 3.01. The van der Waals surface area contributed by atoms with E-state index in [9.17, 15) is 26.8 Å². The van der Waals surface area contributed by atoms with Crippen molar-refractivity contribution < 1.29 is 31.5 Å². The maximum Gasteiger partial charge on any atom is 0.340 e. The number of nitrogens with one attached hydrogen (secondary N) is 1. The minimum absolute atomic E-state index is 0.0283. The summed E-state index contributed by atoms with van der Waals surface area (Å²) in [7, 11) is -3.63. The molecular weight excluding hydrogens is 356 g/mol. The van der Waals surface area contributed by atoms with Crippen LogP contribution in [0, 0.1) is 11.6 Å². The second-order valence-corrected chi connectivity index (χ2v) is 6.79. The number of halogens is 2. The first-order valence-electron chi connectivity index (χ1n) is 6.89. The van der Waals surface area contributed by atoms with Gasteiger partial charge in [0.2, 0.25) is 15.8 Å². The summed E-state index contributed by atoms with van der Waals surface area (Å²) in [4.78, 5) is 23.9. The van der Waals surface area contributed by atoms with Gasteiger partial charge >= 0.3 is 5.97 Å². The van der Waals surface area contributed by atoms with Crippen LogP contribution in [-0.4, -0.2) is 33.0 Å². The van der Waals surface area contributed by atoms with Crippen LogP contribution < -0.4 is 4.72 Å². The molecule has 0 bridgehead atoms. The Morgan fingerprint density at radius 3 is 2.44 bits per heavy atom. The summed E-state index contributed by atoms with van der Waals surface area (Å²) in [6, 6.07) is 7.94. The predicted molar refractivity (Wildman–Crippen MR) is 85.9 cm³/mol. The van der Waals surface area contributed by atoms with Gasteiger partial charge in [0, 0.05) is 0 Å². The SMILES string of the molecule is CS(=O)(=O)Nc1ccccc1C(=O)OCC(=O)c1cc(F)ccc1F. The Morgan fingerprint density at radius 2 is 1.76 bits per heavy atom. The van der Waals surface area contributed by atoms with Crippen molar-refractivity contribution in [2.45, 2.75) is 0 Å². The van der Waals surface area contributed by atoms with Gasteiger partial charge in [0.25, 0.3) is 0 Å². The standard InChI is InChI=1S/C16H13F2NO5S/c1-25(22,23)19-14-5-3-2-4-11(14)16(21)24-9-15(20)12-8-10(17)6-7-13(12)18/h2-8,19H,9H2,1H3. The maximum absolute atomic E-state index is 13.5. The van der Waals surface area contributed by atoms with E-state index in [0.717, 1.165) is 18.4 Å². The summed E-state index contributed by atoms with van der Waals surface area (Å²) in [5, 5.41) is 0. The average molecular weight is 369 g/mol. The molecule has 0 fully saturated rings. The van der Waals surface area contributed by atoms with Crippen LogP contribution in [0.2, 0.25) is 0 Å². The van der Waals surface area contributed by atoms with Gasteiger partial charge < -0.3 is 4.74 Å². The summed E-state index contributed by atoms with van der Waals surface area (Å²) in [5.74, 6) is -3.67. The van der Waals surface area contributed by atoms with Crippen LogP contribution in [0.25, 0.3) is 0 Å². The molecule has 2 aromatic carbocycles. The summed E-state index contributed by atoms with van der Waals surface area (Å²) in [6.45, 7) is -0.827. The number of sulfonamides is 1. The second-order valence-electron chi connectivity index (χ2n) is 5.04. The molecule has 0 saturated carbocycles. The number of esters is 1. The van der Waals surface area contributed by atoms with Crippen molar-refractivity contribution in [1.29, 1.82) is 0 Å². The lowest BCUT2D eigenvalue weighted by Crippen LogP contribution is -2.18. The van der Waals surface area contributed by atoms with Crippen LogP contribution in [0.3, 0.4) is 0 Å². The molecule has 0 aliphatic carbocycles. The highest BCUT2D eigenvalue weighted by Gasteiger charge is 2.18. The van der Waals surface area contributed by atoms with E-state index in [0.29, 0.717) is 6.07 Å². The van der Waals surface area contributed by atoms with Crippen LogP contribution in [0.15, 0.2) is 42.5 Å². The Bertz CT molecular complexity index is 928. The first kappa shape index (κ1) is 18.5. The highest BCUT2D eigenvalue weighted by atomic mass is 32.2. The van der Waals surface area contributed by atoms with Crippen LogP contribution in [0.5, 0.6) is 0 Å². The molecule has 2 rings (SSSR count). The Labute approximate surface area is 142 Å². The number of hydrogen-bond donors (Lipinski definition) is 1. The zero-order valence-electron chi connectivity index (χ0n) is 13.0. The number of ether oxygens (including phenoxy) is 1. The van der Waals surface area contributed by atoms with E-state index in [2.05, 4.69) is 4.72 Å². The molecule has 0 heterocycles. The van der Waals surface area contributed by atoms with E-state index >= 15 is 0 Å². The van der Waals surface area contributed by atoms with Gasteiger partial charge in [-0.05, 0) is 30.3 Å². The molecular formula is C16H13F2NO5S. The number of hydrogen-bond acceptors (Lipinski definition) is 5. The highest BCUT2D eigenvalue weighted by molar-refractivity contribution is 7.92. The average Bonchev–Trinajstić information content (AvgIpc) is 2.53. The highest BCUT2D eigenvalue weighted by Crippen LogP contribution is 2.18. The second kappa shape index (κ2) is 7.39. The number of Topliss-reactive ketones (excluding diaryl/α,β-unsaturated/α-hetero) is 1. The minimum atomic E-state index is -3.63. The number of rotatable bonds is 6. The topological polar surface area (TPSA) is 89.5 Å². The zero-order valence-corrected chi connectivity index (χ0v) is 13.8. The fraction of sp³-hybridized carbons (Fsp3) is 0.125. The number of anilines is 1. The number of ketones is 1. The fourth-order valence-electron chi connectivity index (χ4n) is 1.95. The molecule has 0 unspecified atom stereocenters. The van der Waals surface area contributed by atoms with Gasteiger partial charge in [-0.2, -0.15) is 0 Å². The Hall–Kier alpha value is -2.81. The van der Waals surface area contributed by atoms with Crippen molar-refractivity contribution in [3.8, 4) is 0 Å². The van der Waals surface area contributed by atoms with Crippen LogP contribution in [-0.2, 0) is 14.8 Å². The van der Waals surface area contributed by atoms with E-state index in [1.165, 1.54) is 24.3 Å². The molecule has 25 heavy (non-hydrogen) atoms. The molecule has 9 heteroatoms. The molecule has 0 spiro atoms. The van der Waals surface area contributed by atoms with Gasteiger partial charge in [0.05, 0.1) is 23.1 Å². The maximum atomic E-state index is 13.5. The summed E-state index contributed by atoms with van der Waals surface area (Å²) < 4.78 is 56.1. The lowest BCUT2D eigenvalue weighted by Gasteiger charge is -2.10. The molecule has 0 amide bonds. The van der Waals surface area contributed by atoms with Gasteiger partial charge in [-0.15, -0.1) is 0 Å². The van der Waals surface area contributed by atoms with E-state index in [4.69, 9.17) is 4.74 Å². The predicted octanol–water partition coefficient (Wildman–Crippen LogP) is 2.38. The first-order chi connectivity index (χ1) is 11.7. The van der Waals surface area contributed by atoms with E-state index in [1.807, 2.05) is 0 Å². The van der Waals surface area contributed by atoms with Crippen molar-refractivity contribution in [1.82, 2.24) is 0 Å². The van der Waals surface area contributed by atoms with Gasteiger partial charge in [-0.3, -0.25) is 9.52 Å². The third kappa shape index (κ3) is 5.08. The molecule has 0 atom stereocenters. The van der Waals surface area contributed by atoms with Crippen LogP contribution in [0.1, 0.15) is 20.7 Å². The van der Waals surface area contributed by atoms with Crippen molar-refractivity contribution in [3.05, 3.63) is 65.2 Å². The Morgan fingerprint density at radius 1 is 1.08 bits per heavy atom. The molecule has 0 saturated heterocycles. The van der Waals surface area contributed by atoms with Crippen molar-refractivity contribution in [2.75, 3.05) is 17.6 Å². The summed E-state index contributed by atoms with van der Waals surface area (Å²) in [5.41, 5.74) is -0.699. The van der Waals surface area contributed by atoms with Gasteiger partial charge in [0.1, 0.15) is 11.6 Å². The molecule has 6 nitrogen and oxygen atoms in total. The van der Waals surface area contributed by atoms with Gasteiger partial charge in [0.15, 0.2) is 6.61 Å². The minimum Gasteiger partial charge on any atom is -0.454 e. The van der Waals surface area contributed by atoms with Gasteiger partial charge in [-0.1, -0.05) is 12.1 Å². The quantitative estimate of drug-likeness (QED) is 0.624. The number of carbonyl (C=O) groups is 2. The molecule has 132 valence electrons. The third-order valence-corrected chi connectivity index (χ3v) is 3.60. The zero-order chi connectivity index (χ0) is 18.6. The largest absolute Gasteiger partial charge is 0.454 e. The fourth-order valence-corrected chi connectivity index (χ4v) is 2.53. The first-order valence-corrected chi connectivity index (χ1v) is 8.79. The summed E-state index contributed by atoms with van der Waals surface area (Å²) in [6.07, 6.45) is 0.908. The Kier molecular flexibility index (Phi) is 5.48. The molecule has 0 aliphatic heterocycles. The lowest BCUT2D eigenvalue weighted by molar-refractivity contribution is 0.0474. The van der Waals surface area contributed by atoms with Gasteiger partial charge in [-0.25, -0.2) is 22.0 Å².